The molecule has 0 radical (unpaired) electrons. The third kappa shape index (κ3) is 2.68. The lowest BCUT2D eigenvalue weighted by molar-refractivity contribution is -0.118. The van der Waals surface area contributed by atoms with Gasteiger partial charge >= 0.3 is 0 Å². The zero-order chi connectivity index (χ0) is 15.8. The summed E-state index contributed by atoms with van der Waals surface area (Å²) in [5.41, 5.74) is 1.33. The van der Waals surface area contributed by atoms with Gasteiger partial charge in [-0.15, -0.1) is 0 Å². The van der Waals surface area contributed by atoms with Gasteiger partial charge in [-0.3, -0.25) is 9.48 Å². The third-order valence-corrected chi connectivity index (χ3v) is 4.59. The molecule has 2 aliphatic rings. The minimum absolute atomic E-state index is 0.195. The summed E-state index contributed by atoms with van der Waals surface area (Å²) in [5.74, 6) is -0.590. The lowest BCUT2D eigenvalue weighted by Crippen LogP contribution is -2.35. The SMILES string of the molecule is CN1CCC(n2cc(C3C=c4cncnc4=NC3=O)cn2)CC1. The molecule has 118 valence electrons. The van der Waals surface area contributed by atoms with E-state index in [9.17, 15) is 4.79 Å². The van der Waals surface area contributed by atoms with E-state index < -0.39 is 5.92 Å². The maximum Gasteiger partial charge on any atom is 0.259 e. The minimum Gasteiger partial charge on any atom is -0.306 e. The summed E-state index contributed by atoms with van der Waals surface area (Å²) in [6.07, 6.45) is 10.9. The lowest BCUT2D eigenvalue weighted by Gasteiger charge is -2.29. The van der Waals surface area contributed by atoms with Gasteiger partial charge in [-0.25, -0.2) is 9.97 Å². The summed E-state index contributed by atoms with van der Waals surface area (Å²) in [6.45, 7) is 2.16. The van der Waals surface area contributed by atoms with Gasteiger partial charge in [0.15, 0.2) is 5.49 Å². The number of hydrogen-bond acceptors (Lipinski definition) is 5. The number of aromatic nitrogens is 4. The van der Waals surface area contributed by atoms with Crippen LogP contribution in [0.3, 0.4) is 0 Å². The van der Waals surface area contributed by atoms with Gasteiger partial charge in [0.1, 0.15) is 6.33 Å². The Hall–Kier alpha value is -2.41. The van der Waals surface area contributed by atoms with E-state index in [2.05, 4.69) is 32.0 Å². The number of amides is 1. The highest BCUT2D eigenvalue weighted by molar-refractivity contribution is 5.91. The highest BCUT2D eigenvalue weighted by Crippen LogP contribution is 2.25. The quantitative estimate of drug-likeness (QED) is 0.759. The summed E-state index contributed by atoms with van der Waals surface area (Å²) < 4.78 is 2.00. The van der Waals surface area contributed by atoms with Crippen molar-refractivity contribution in [2.24, 2.45) is 4.99 Å². The van der Waals surface area contributed by atoms with Crippen LogP contribution in [0.1, 0.15) is 30.4 Å². The summed E-state index contributed by atoms with van der Waals surface area (Å²) in [4.78, 5) is 26.7. The van der Waals surface area contributed by atoms with E-state index in [4.69, 9.17) is 0 Å². The van der Waals surface area contributed by atoms with Crippen molar-refractivity contribution in [3.05, 3.63) is 41.2 Å². The summed E-state index contributed by atoms with van der Waals surface area (Å²) in [7, 11) is 2.14. The Bertz CT molecular complexity index is 849. The number of fused-ring (bicyclic) bond motifs is 1. The van der Waals surface area contributed by atoms with Crippen molar-refractivity contribution in [2.75, 3.05) is 20.1 Å². The summed E-state index contributed by atoms with van der Waals surface area (Å²) in [5, 5.41) is 5.28. The predicted octanol–water partition coefficient (Wildman–Crippen LogP) is -0.336. The first-order valence-electron chi connectivity index (χ1n) is 7.84. The van der Waals surface area contributed by atoms with E-state index >= 15 is 0 Å². The van der Waals surface area contributed by atoms with Crippen LogP contribution in [0.4, 0.5) is 0 Å². The molecule has 1 unspecified atom stereocenters. The zero-order valence-corrected chi connectivity index (χ0v) is 13.0. The van der Waals surface area contributed by atoms with Crippen molar-refractivity contribution in [3.63, 3.8) is 0 Å². The van der Waals surface area contributed by atoms with E-state index in [0.29, 0.717) is 11.5 Å². The van der Waals surface area contributed by atoms with Gasteiger partial charge < -0.3 is 4.90 Å². The molecule has 7 heteroatoms. The molecule has 1 atom stereocenters. The van der Waals surface area contributed by atoms with Crippen LogP contribution >= 0.6 is 0 Å². The molecule has 0 N–H and O–H groups in total. The van der Waals surface area contributed by atoms with Crippen LogP contribution in [-0.2, 0) is 4.79 Å². The molecule has 23 heavy (non-hydrogen) atoms. The first-order chi connectivity index (χ1) is 11.2. The van der Waals surface area contributed by atoms with E-state index in [-0.39, 0.29) is 5.91 Å². The molecule has 1 fully saturated rings. The van der Waals surface area contributed by atoms with Crippen LogP contribution in [0.5, 0.6) is 0 Å². The number of rotatable bonds is 2. The molecule has 2 aliphatic heterocycles. The number of carbonyl (C=O) groups excluding carboxylic acids is 1. The number of piperidine rings is 1. The Kier molecular flexibility index (Phi) is 3.49. The first kappa shape index (κ1) is 14.2. The molecule has 0 aliphatic carbocycles. The van der Waals surface area contributed by atoms with Crippen molar-refractivity contribution in [3.8, 4) is 0 Å². The molecule has 0 aromatic carbocycles. The third-order valence-electron chi connectivity index (χ3n) is 4.59. The Morgan fingerprint density at radius 1 is 1.22 bits per heavy atom. The lowest BCUT2D eigenvalue weighted by atomic mass is 9.99. The smallest absolute Gasteiger partial charge is 0.259 e. The molecule has 1 saturated heterocycles. The van der Waals surface area contributed by atoms with Crippen LogP contribution in [0, 0.1) is 0 Å². The van der Waals surface area contributed by atoms with E-state index in [1.165, 1.54) is 6.33 Å². The van der Waals surface area contributed by atoms with Gasteiger partial charge in [0.2, 0.25) is 0 Å². The molecule has 0 spiro atoms. The Balaban J connectivity index is 1.62. The van der Waals surface area contributed by atoms with Gasteiger partial charge in [-0.05, 0) is 33.0 Å². The standard InChI is InChI=1S/C16H18N6O/c1-21-4-2-13(3-5-21)22-9-12(8-19-22)14-6-11-7-17-10-18-15(11)20-16(14)23/h6-10,13-14H,2-5H2,1H3. The van der Waals surface area contributed by atoms with Gasteiger partial charge in [-0.2, -0.15) is 10.1 Å². The molecule has 0 bridgehead atoms. The Morgan fingerprint density at radius 2 is 2.04 bits per heavy atom. The van der Waals surface area contributed by atoms with Crippen LogP contribution in [0.2, 0.25) is 0 Å². The molecule has 2 aromatic heterocycles. The Morgan fingerprint density at radius 3 is 2.87 bits per heavy atom. The number of carbonyl (C=O) groups is 1. The highest BCUT2D eigenvalue weighted by atomic mass is 16.1. The monoisotopic (exact) mass is 310 g/mol. The van der Waals surface area contributed by atoms with Gasteiger partial charge in [-0.1, -0.05) is 6.08 Å². The normalized spacial score (nSPS) is 22.3. The molecule has 1 amide bonds. The fraction of sp³-hybridized carbons (Fsp3) is 0.438. The molecule has 7 nitrogen and oxygen atoms in total. The molecule has 0 saturated carbocycles. The summed E-state index contributed by atoms with van der Waals surface area (Å²) in [6, 6.07) is 0.409. The van der Waals surface area contributed by atoms with E-state index in [1.54, 1.807) is 12.4 Å². The second kappa shape index (κ2) is 5.66. The Labute approximate surface area is 133 Å². The average Bonchev–Trinajstić information content (AvgIpc) is 3.04. The fourth-order valence-electron chi connectivity index (χ4n) is 3.18. The molecular formula is C16H18N6O. The topological polar surface area (TPSA) is 76.3 Å². The minimum atomic E-state index is -0.395. The van der Waals surface area contributed by atoms with Crippen LogP contribution in [0.25, 0.3) is 6.08 Å². The number of hydrogen-bond donors (Lipinski definition) is 0. The van der Waals surface area contributed by atoms with Crippen molar-refractivity contribution < 1.29 is 4.79 Å². The maximum absolute atomic E-state index is 12.3. The summed E-state index contributed by atoms with van der Waals surface area (Å²) >= 11 is 0. The van der Waals surface area contributed by atoms with Crippen molar-refractivity contribution in [2.45, 2.75) is 24.8 Å². The second-order valence-corrected chi connectivity index (χ2v) is 6.18. The predicted molar refractivity (Wildman–Crippen MR) is 83.0 cm³/mol. The zero-order valence-electron chi connectivity index (χ0n) is 13.0. The van der Waals surface area contributed by atoms with Gasteiger partial charge in [0.05, 0.1) is 18.2 Å². The fourth-order valence-corrected chi connectivity index (χ4v) is 3.18. The largest absolute Gasteiger partial charge is 0.306 e. The maximum atomic E-state index is 12.3. The number of nitrogens with zero attached hydrogens (tertiary/aromatic N) is 6. The highest BCUT2D eigenvalue weighted by Gasteiger charge is 2.24. The molecule has 2 aromatic rings. The van der Waals surface area contributed by atoms with Crippen LogP contribution in [0.15, 0.2) is 29.9 Å². The van der Waals surface area contributed by atoms with Crippen LogP contribution in [-0.4, -0.2) is 50.7 Å². The van der Waals surface area contributed by atoms with Crippen molar-refractivity contribution in [1.29, 1.82) is 0 Å². The first-order valence-corrected chi connectivity index (χ1v) is 7.84. The van der Waals surface area contributed by atoms with Crippen molar-refractivity contribution in [1.82, 2.24) is 24.6 Å². The van der Waals surface area contributed by atoms with Crippen LogP contribution < -0.4 is 10.7 Å². The molecule has 4 heterocycles. The van der Waals surface area contributed by atoms with Crippen molar-refractivity contribution >= 4 is 12.0 Å². The molecular weight excluding hydrogens is 292 g/mol. The molecule has 4 rings (SSSR count). The van der Waals surface area contributed by atoms with Gasteiger partial charge in [0, 0.05) is 23.2 Å². The average molecular weight is 310 g/mol. The van der Waals surface area contributed by atoms with E-state index in [1.807, 2.05) is 17.0 Å². The number of likely N-dealkylation sites (tertiary alicyclic amines) is 1. The van der Waals surface area contributed by atoms with E-state index in [0.717, 1.165) is 36.7 Å². The second-order valence-electron chi connectivity index (χ2n) is 6.18. The van der Waals surface area contributed by atoms with Gasteiger partial charge in [0.25, 0.3) is 5.91 Å².